The number of likely N-dealkylation sites (tertiary alicyclic amines) is 1. The van der Waals surface area contributed by atoms with E-state index in [1.807, 2.05) is 0 Å². The van der Waals surface area contributed by atoms with Gasteiger partial charge in [0.2, 0.25) is 0 Å². The predicted molar refractivity (Wildman–Crippen MR) is 79.5 cm³/mol. The fourth-order valence-electron chi connectivity index (χ4n) is 3.93. The highest BCUT2D eigenvalue weighted by molar-refractivity contribution is 4.83. The third-order valence-electron chi connectivity index (χ3n) is 5.20. The Morgan fingerprint density at radius 2 is 1.37 bits per heavy atom. The summed E-state index contributed by atoms with van der Waals surface area (Å²) in [6.45, 7) is 11.4. The van der Waals surface area contributed by atoms with Crippen LogP contribution < -0.4 is 10.6 Å². The van der Waals surface area contributed by atoms with E-state index in [1.165, 1.54) is 84.6 Å². The number of nitrogens with one attached hydrogen (secondary N) is 2. The molecule has 3 rings (SSSR count). The van der Waals surface area contributed by atoms with Crippen molar-refractivity contribution in [2.24, 2.45) is 5.92 Å². The molecule has 0 spiro atoms. The molecule has 110 valence electrons. The van der Waals surface area contributed by atoms with Gasteiger partial charge in [0.25, 0.3) is 0 Å². The highest BCUT2D eigenvalue weighted by Crippen LogP contribution is 2.23. The van der Waals surface area contributed by atoms with Gasteiger partial charge in [-0.2, -0.15) is 0 Å². The van der Waals surface area contributed by atoms with Crippen LogP contribution in [0.15, 0.2) is 0 Å². The van der Waals surface area contributed by atoms with Crippen LogP contribution in [0.5, 0.6) is 0 Å². The monoisotopic (exact) mass is 266 g/mol. The lowest BCUT2D eigenvalue weighted by molar-refractivity contribution is 0.0915. The van der Waals surface area contributed by atoms with Gasteiger partial charge in [0.1, 0.15) is 0 Å². The molecule has 2 N–H and O–H groups in total. The Balaban J connectivity index is 1.38. The third-order valence-corrected chi connectivity index (χ3v) is 5.20. The summed E-state index contributed by atoms with van der Waals surface area (Å²) in [7, 11) is 0. The summed E-state index contributed by atoms with van der Waals surface area (Å²) in [5.41, 5.74) is 0. The molecule has 0 bridgehead atoms. The van der Waals surface area contributed by atoms with Crippen molar-refractivity contribution >= 4 is 0 Å². The Kier molecular flexibility index (Phi) is 5.10. The molecule has 3 fully saturated rings. The number of hydrogen-bond donors (Lipinski definition) is 2. The minimum absolute atomic E-state index is 0.876. The molecule has 3 saturated heterocycles. The minimum Gasteiger partial charge on any atom is -0.317 e. The first-order valence-corrected chi connectivity index (χ1v) is 8.29. The molecule has 4 nitrogen and oxygen atoms in total. The van der Waals surface area contributed by atoms with Crippen LogP contribution in [0.2, 0.25) is 0 Å². The Hall–Kier alpha value is -0.160. The summed E-state index contributed by atoms with van der Waals surface area (Å²) in [6.07, 6.45) is 5.58. The van der Waals surface area contributed by atoms with Crippen LogP contribution in [0.1, 0.15) is 25.7 Å². The second kappa shape index (κ2) is 7.02. The van der Waals surface area contributed by atoms with Gasteiger partial charge in [-0.05, 0) is 57.8 Å². The van der Waals surface area contributed by atoms with Gasteiger partial charge in [-0.15, -0.1) is 0 Å². The van der Waals surface area contributed by atoms with E-state index in [0.717, 1.165) is 12.0 Å². The van der Waals surface area contributed by atoms with E-state index in [2.05, 4.69) is 20.4 Å². The van der Waals surface area contributed by atoms with Crippen molar-refractivity contribution in [1.82, 2.24) is 20.4 Å². The molecular weight excluding hydrogens is 236 g/mol. The second-order valence-corrected chi connectivity index (χ2v) is 6.51. The Morgan fingerprint density at radius 1 is 0.737 bits per heavy atom. The van der Waals surface area contributed by atoms with Gasteiger partial charge < -0.3 is 20.4 Å². The molecule has 0 atom stereocenters. The van der Waals surface area contributed by atoms with Crippen molar-refractivity contribution in [1.29, 1.82) is 0 Å². The second-order valence-electron chi connectivity index (χ2n) is 6.51. The van der Waals surface area contributed by atoms with Crippen LogP contribution in [-0.4, -0.2) is 74.7 Å². The zero-order chi connectivity index (χ0) is 12.9. The van der Waals surface area contributed by atoms with Crippen LogP contribution >= 0.6 is 0 Å². The maximum absolute atomic E-state index is 3.48. The number of piperazine rings is 1. The van der Waals surface area contributed by atoms with Crippen molar-refractivity contribution in [3.63, 3.8) is 0 Å². The molecule has 4 heteroatoms. The first-order chi connectivity index (χ1) is 9.42. The Morgan fingerprint density at radius 3 is 2.05 bits per heavy atom. The molecule has 0 amide bonds. The van der Waals surface area contributed by atoms with E-state index in [9.17, 15) is 0 Å². The number of rotatable bonds is 3. The maximum atomic E-state index is 3.48. The minimum atomic E-state index is 0.876. The number of nitrogens with zero attached hydrogens (tertiary/aromatic N) is 2. The molecule has 0 aromatic rings. The molecule has 3 aliphatic rings. The van der Waals surface area contributed by atoms with E-state index in [0.29, 0.717) is 0 Å². The predicted octanol–water partition coefficient (Wildman–Crippen LogP) is 0.356. The highest BCUT2D eigenvalue weighted by atomic mass is 15.2. The van der Waals surface area contributed by atoms with E-state index in [1.54, 1.807) is 0 Å². The molecule has 3 aliphatic heterocycles. The standard InChI is InChI=1S/C15H30N4/c1-5-16-6-2-15(1)19-9-3-14(4-10-19)13-18-11-7-17-8-12-18/h14-17H,1-13H2. The van der Waals surface area contributed by atoms with Gasteiger partial charge >= 0.3 is 0 Å². The van der Waals surface area contributed by atoms with Gasteiger partial charge in [-0.1, -0.05) is 0 Å². The average Bonchev–Trinajstić information content (AvgIpc) is 2.50. The van der Waals surface area contributed by atoms with Crippen LogP contribution in [0.3, 0.4) is 0 Å². The SMILES string of the molecule is C1CC(N2CCC(CN3CCNCC3)CC2)CCN1. The summed E-state index contributed by atoms with van der Waals surface area (Å²) in [6, 6.07) is 0.876. The van der Waals surface area contributed by atoms with Crippen molar-refractivity contribution in [3.05, 3.63) is 0 Å². The number of piperidine rings is 2. The topological polar surface area (TPSA) is 30.5 Å². The Labute approximate surface area is 117 Å². The smallest absolute Gasteiger partial charge is 0.0119 e. The van der Waals surface area contributed by atoms with E-state index >= 15 is 0 Å². The third kappa shape index (κ3) is 3.91. The van der Waals surface area contributed by atoms with E-state index in [4.69, 9.17) is 0 Å². The fourth-order valence-corrected chi connectivity index (χ4v) is 3.93. The quantitative estimate of drug-likeness (QED) is 0.772. The Bertz CT molecular complexity index is 251. The molecule has 3 heterocycles. The lowest BCUT2D eigenvalue weighted by atomic mass is 9.93. The van der Waals surface area contributed by atoms with Crippen molar-refractivity contribution in [3.8, 4) is 0 Å². The lowest BCUT2D eigenvalue weighted by Gasteiger charge is -2.41. The molecule has 0 radical (unpaired) electrons. The summed E-state index contributed by atoms with van der Waals surface area (Å²) in [4.78, 5) is 5.44. The zero-order valence-corrected chi connectivity index (χ0v) is 12.2. The highest BCUT2D eigenvalue weighted by Gasteiger charge is 2.27. The summed E-state index contributed by atoms with van der Waals surface area (Å²) < 4.78 is 0. The molecule has 19 heavy (non-hydrogen) atoms. The summed E-state index contributed by atoms with van der Waals surface area (Å²) in [5, 5.41) is 6.92. The summed E-state index contributed by atoms with van der Waals surface area (Å²) >= 11 is 0. The van der Waals surface area contributed by atoms with Crippen molar-refractivity contribution in [2.45, 2.75) is 31.7 Å². The average molecular weight is 266 g/mol. The van der Waals surface area contributed by atoms with Crippen LogP contribution in [0, 0.1) is 5.92 Å². The van der Waals surface area contributed by atoms with Gasteiger partial charge in [0.15, 0.2) is 0 Å². The normalized spacial score (nSPS) is 29.7. The first-order valence-electron chi connectivity index (χ1n) is 8.29. The lowest BCUT2D eigenvalue weighted by Crippen LogP contribution is -2.49. The van der Waals surface area contributed by atoms with Crippen molar-refractivity contribution < 1.29 is 0 Å². The molecule has 0 aromatic heterocycles. The largest absolute Gasteiger partial charge is 0.317 e. The maximum Gasteiger partial charge on any atom is 0.0119 e. The van der Waals surface area contributed by atoms with Crippen LogP contribution in [0.4, 0.5) is 0 Å². The molecule has 0 aliphatic carbocycles. The van der Waals surface area contributed by atoms with Gasteiger partial charge in [-0.3, -0.25) is 0 Å². The zero-order valence-electron chi connectivity index (χ0n) is 12.2. The van der Waals surface area contributed by atoms with Crippen LogP contribution in [-0.2, 0) is 0 Å². The summed E-state index contributed by atoms with van der Waals surface area (Å²) in [5.74, 6) is 0.955. The molecular formula is C15H30N4. The van der Waals surface area contributed by atoms with Gasteiger partial charge in [0, 0.05) is 38.8 Å². The number of hydrogen-bond acceptors (Lipinski definition) is 4. The van der Waals surface area contributed by atoms with E-state index < -0.39 is 0 Å². The van der Waals surface area contributed by atoms with E-state index in [-0.39, 0.29) is 0 Å². The van der Waals surface area contributed by atoms with Crippen LogP contribution in [0.25, 0.3) is 0 Å². The van der Waals surface area contributed by atoms with Gasteiger partial charge in [0.05, 0.1) is 0 Å². The molecule has 0 saturated carbocycles. The van der Waals surface area contributed by atoms with Crippen molar-refractivity contribution in [2.75, 3.05) is 58.9 Å². The first kappa shape index (κ1) is 13.8. The fraction of sp³-hybridized carbons (Fsp3) is 1.00. The molecule has 0 aromatic carbocycles. The molecule has 0 unspecified atom stereocenters. The van der Waals surface area contributed by atoms with Gasteiger partial charge in [-0.25, -0.2) is 0 Å².